The first kappa shape index (κ1) is 20.4. The lowest BCUT2D eigenvalue weighted by molar-refractivity contribution is 0.143. The predicted molar refractivity (Wildman–Crippen MR) is 104 cm³/mol. The standard InChI is InChI=1S/C17H23Cl2N5O2/c1-20-17(23-11-13-8-14(18)16(19)24(13)2)22-10-12-4-5-15(21-9-12)26-7-6-25-3/h4-5,8-9H,6-7,10-11H2,1-3H3,(H2,20,22,23). The van der Waals surface area contributed by atoms with E-state index < -0.39 is 0 Å². The fraction of sp³-hybridized carbons (Fsp3) is 0.412. The number of ether oxygens (including phenoxy) is 2. The van der Waals surface area contributed by atoms with E-state index in [0.717, 1.165) is 11.3 Å². The average Bonchev–Trinajstić information content (AvgIpc) is 2.90. The third kappa shape index (κ3) is 5.79. The second-order valence-corrected chi connectivity index (χ2v) is 6.22. The Morgan fingerprint density at radius 3 is 2.58 bits per heavy atom. The summed E-state index contributed by atoms with van der Waals surface area (Å²) in [4.78, 5) is 8.47. The van der Waals surface area contributed by atoms with Gasteiger partial charge in [0.15, 0.2) is 5.96 Å². The number of hydrogen-bond acceptors (Lipinski definition) is 4. The van der Waals surface area contributed by atoms with Gasteiger partial charge in [-0.1, -0.05) is 29.3 Å². The summed E-state index contributed by atoms with van der Waals surface area (Å²) in [6.07, 6.45) is 1.76. The maximum Gasteiger partial charge on any atom is 0.213 e. The van der Waals surface area contributed by atoms with Crippen LogP contribution in [0.1, 0.15) is 11.3 Å². The summed E-state index contributed by atoms with van der Waals surface area (Å²) < 4.78 is 12.2. The van der Waals surface area contributed by atoms with Crippen LogP contribution >= 0.6 is 23.2 Å². The summed E-state index contributed by atoms with van der Waals surface area (Å²) in [5.41, 5.74) is 1.97. The van der Waals surface area contributed by atoms with Gasteiger partial charge in [0.2, 0.25) is 5.88 Å². The first-order chi connectivity index (χ1) is 12.5. The van der Waals surface area contributed by atoms with Crippen molar-refractivity contribution >= 4 is 29.2 Å². The molecule has 26 heavy (non-hydrogen) atoms. The largest absolute Gasteiger partial charge is 0.475 e. The van der Waals surface area contributed by atoms with Crippen molar-refractivity contribution in [3.05, 3.63) is 45.8 Å². The smallest absolute Gasteiger partial charge is 0.213 e. The molecule has 0 spiro atoms. The lowest BCUT2D eigenvalue weighted by Gasteiger charge is -2.12. The molecule has 0 fully saturated rings. The molecule has 0 aliphatic rings. The topological polar surface area (TPSA) is 72.7 Å². The van der Waals surface area contributed by atoms with Crippen LogP contribution in [0.4, 0.5) is 0 Å². The highest BCUT2D eigenvalue weighted by atomic mass is 35.5. The van der Waals surface area contributed by atoms with Gasteiger partial charge in [-0.3, -0.25) is 4.99 Å². The molecule has 9 heteroatoms. The molecule has 142 valence electrons. The minimum Gasteiger partial charge on any atom is -0.475 e. The van der Waals surface area contributed by atoms with Gasteiger partial charge in [-0.2, -0.15) is 0 Å². The van der Waals surface area contributed by atoms with Crippen molar-refractivity contribution < 1.29 is 9.47 Å². The molecule has 0 atom stereocenters. The van der Waals surface area contributed by atoms with Crippen molar-refractivity contribution in [1.29, 1.82) is 0 Å². The van der Waals surface area contributed by atoms with E-state index in [1.807, 2.05) is 29.8 Å². The Labute approximate surface area is 163 Å². The van der Waals surface area contributed by atoms with Crippen molar-refractivity contribution in [2.24, 2.45) is 12.0 Å². The fourth-order valence-electron chi connectivity index (χ4n) is 2.17. The van der Waals surface area contributed by atoms with Crippen molar-refractivity contribution in [3.8, 4) is 5.88 Å². The van der Waals surface area contributed by atoms with E-state index in [1.165, 1.54) is 0 Å². The second-order valence-electron chi connectivity index (χ2n) is 5.46. The predicted octanol–water partition coefficient (Wildman–Crippen LogP) is 2.62. The molecule has 0 saturated carbocycles. The zero-order valence-corrected chi connectivity index (χ0v) is 16.6. The van der Waals surface area contributed by atoms with Crippen LogP contribution in [0.25, 0.3) is 0 Å². The first-order valence-corrected chi connectivity index (χ1v) is 8.81. The molecule has 2 heterocycles. The molecule has 0 saturated heterocycles. The molecule has 0 bridgehead atoms. The monoisotopic (exact) mass is 399 g/mol. The first-order valence-electron chi connectivity index (χ1n) is 8.06. The van der Waals surface area contributed by atoms with Gasteiger partial charge in [0.25, 0.3) is 0 Å². The Morgan fingerprint density at radius 2 is 2.00 bits per heavy atom. The van der Waals surface area contributed by atoms with Gasteiger partial charge < -0.3 is 24.7 Å². The lowest BCUT2D eigenvalue weighted by Crippen LogP contribution is -2.36. The number of methoxy groups -OCH3 is 1. The quantitative estimate of drug-likeness (QED) is 0.405. The van der Waals surface area contributed by atoms with Gasteiger partial charge in [-0.15, -0.1) is 0 Å². The van der Waals surface area contributed by atoms with E-state index >= 15 is 0 Å². The number of halogens is 2. The van der Waals surface area contributed by atoms with Crippen LogP contribution in [-0.2, 0) is 24.9 Å². The van der Waals surface area contributed by atoms with Crippen molar-refractivity contribution in [1.82, 2.24) is 20.2 Å². The molecular formula is C17H23Cl2N5O2. The third-order valence-electron chi connectivity index (χ3n) is 3.67. The summed E-state index contributed by atoms with van der Waals surface area (Å²) in [7, 11) is 5.21. The molecule has 0 aliphatic heterocycles. The molecule has 0 aliphatic carbocycles. The average molecular weight is 400 g/mol. The van der Waals surface area contributed by atoms with E-state index in [4.69, 9.17) is 32.7 Å². The highest BCUT2D eigenvalue weighted by Gasteiger charge is 2.09. The Hall–Kier alpha value is -1.96. The Morgan fingerprint density at radius 1 is 1.23 bits per heavy atom. The summed E-state index contributed by atoms with van der Waals surface area (Å²) in [5.74, 6) is 1.24. The van der Waals surface area contributed by atoms with Crippen LogP contribution in [0.3, 0.4) is 0 Å². The number of nitrogens with zero attached hydrogens (tertiary/aromatic N) is 3. The van der Waals surface area contributed by atoms with Gasteiger partial charge >= 0.3 is 0 Å². The van der Waals surface area contributed by atoms with Crippen LogP contribution in [0.2, 0.25) is 10.2 Å². The van der Waals surface area contributed by atoms with Gasteiger partial charge in [-0.05, 0) is 11.6 Å². The van der Waals surface area contributed by atoms with E-state index in [1.54, 1.807) is 20.4 Å². The molecule has 0 amide bonds. The molecule has 2 N–H and O–H groups in total. The third-order valence-corrected chi connectivity index (χ3v) is 4.51. The van der Waals surface area contributed by atoms with Gasteiger partial charge in [-0.25, -0.2) is 4.98 Å². The molecule has 0 unspecified atom stereocenters. The number of aliphatic imine (C=N–C) groups is 1. The van der Waals surface area contributed by atoms with Gasteiger partial charge in [0.1, 0.15) is 11.8 Å². The van der Waals surface area contributed by atoms with E-state index in [9.17, 15) is 0 Å². The molecule has 2 rings (SSSR count). The van der Waals surface area contributed by atoms with Crippen molar-refractivity contribution in [2.45, 2.75) is 13.1 Å². The molecule has 0 aromatic carbocycles. The zero-order valence-electron chi connectivity index (χ0n) is 15.1. The van der Waals surface area contributed by atoms with Crippen LogP contribution < -0.4 is 15.4 Å². The highest BCUT2D eigenvalue weighted by molar-refractivity contribution is 6.41. The molecule has 0 radical (unpaired) electrons. The van der Waals surface area contributed by atoms with Crippen LogP contribution in [-0.4, -0.2) is 42.9 Å². The van der Waals surface area contributed by atoms with Gasteiger partial charge in [0.05, 0.1) is 18.2 Å². The molecular weight excluding hydrogens is 377 g/mol. The molecule has 2 aromatic heterocycles. The lowest BCUT2D eigenvalue weighted by atomic mass is 10.3. The second kappa shape index (κ2) is 10.3. The minimum atomic E-state index is 0.477. The number of hydrogen-bond donors (Lipinski definition) is 2. The Kier molecular flexibility index (Phi) is 8.03. The minimum absolute atomic E-state index is 0.477. The summed E-state index contributed by atoms with van der Waals surface area (Å²) in [6.45, 7) is 2.14. The fourth-order valence-corrected chi connectivity index (χ4v) is 2.59. The maximum atomic E-state index is 6.07. The number of pyridine rings is 1. The number of guanidine groups is 1. The van der Waals surface area contributed by atoms with E-state index in [-0.39, 0.29) is 0 Å². The van der Waals surface area contributed by atoms with Crippen molar-refractivity contribution in [2.75, 3.05) is 27.4 Å². The Bertz CT molecular complexity index is 731. The molecule has 7 nitrogen and oxygen atoms in total. The van der Waals surface area contributed by atoms with E-state index in [0.29, 0.717) is 48.3 Å². The summed E-state index contributed by atoms with van der Waals surface area (Å²) in [5, 5.41) is 7.51. The summed E-state index contributed by atoms with van der Waals surface area (Å²) in [6, 6.07) is 5.61. The van der Waals surface area contributed by atoms with Crippen LogP contribution in [0, 0.1) is 0 Å². The van der Waals surface area contributed by atoms with Crippen LogP contribution in [0.15, 0.2) is 29.4 Å². The highest BCUT2D eigenvalue weighted by Crippen LogP contribution is 2.24. The summed E-state index contributed by atoms with van der Waals surface area (Å²) >= 11 is 12.1. The normalized spacial score (nSPS) is 11.5. The number of rotatable bonds is 8. The molecule has 2 aromatic rings. The van der Waals surface area contributed by atoms with Crippen LogP contribution in [0.5, 0.6) is 5.88 Å². The van der Waals surface area contributed by atoms with Gasteiger partial charge in [0, 0.05) is 45.7 Å². The zero-order chi connectivity index (χ0) is 18.9. The van der Waals surface area contributed by atoms with E-state index in [2.05, 4.69) is 20.6 Å². The van der Waals surface area contributed by atoms with Crippen molar-refractivity contribution in [3.63, 3.8) is 0 Å². The maximum absolute atomic E-state index is 6.07. The number of nitrogens with one attached hydrogen (secondary N) is 2. The Balaban J connectivity index is 1.82. The SMILES string of the molecule is CN=C(NCc1ccc(OCCOC)nc1)NCc1cc(Cl)c(Cl)n1C. The number of aromatic nitrogens is 2.